The zero-order valence-corrected chi connectivity index (χ0v) is 6.29. The Bertz CT molecular complexity index is 364. The summed E-state index contributed by atoms with van der Waals surface area (Å²) in [5.74, 6) is 0.834. The van der Waals surface area contributed by atoms with Crippen molar-refractivity contribution in [2.24, 2.45) is 0 Å². The molecule has 11 heavy (non-hydrogen) atoms. The Kier molecular flexibility index (Phi) is 1.32. The van der Waals surface area contributed by atoms with Crippen molar-refractivity contribution in [3.63, 3.8) is 0 Å². The molecule has 0 fully saturated rings. The van der Waals surface area contributed by atoms with Crippen molar-refractivity contribution >= 4 is 10.8 Å². The van der Waals surface area contributed by atoms with E-state index in [1.165, 1.54) is 5.39 Å². The quantitative estimate of drug-likeness (QED) is 0.657. The molecule has 0 unspecified atom stereocenters. The molecule has 2 aromatic rings. The van der Waals surface area contributed by atoms with Gasteiger partial charge in [0.25, 0.3) is 0 Å². The lowest BCUT2D eigenvalue weighted by Gasteiger charge is -1.94. The number of hydrogen-bond donors (Lipinski definition) is 1. The number of aromatic amines is 1. The van der Waals surface area contributed by atoms with Gasteiger partial charge >= 0.3 is 0 Å². The van der Waals surface area contributed by atoms with E-state index in [4.69, 9.17) is 4.74 Å². The molecule has 0 atom stereocenters. The van der Waals surface area contributed by atoms with E-state index in [0.717, 1.165) is 11.3 Å². The number of rotatable bonds is 1. The normalized spacial score (nSPS) is 10.3. The molecule has 1 aromatic carbocycles. The molecule has 0 saturated carbocycles. The molecule has 0 aliphatic rings. The van der Waals surface area contributed by atoms with Crippen molar-refractivity contribution in [1.82, 2.24) is 4.98 Å². The fraction of sp³-hybridized carbons (Fsp3) is 0.111. The highest BCUT2D eigenvalue weighted by atomic mass is 16.5. The van der Waals surface area contributed by atoms with Crippen molar-refractivity contribution < 1.29 is 4.74 Å². The molecule has 2 heteroatoms. The largest absolute Gasteiger partial charge is 0.482 e. The number of ether oxygens (including phenoxy) is 1. The van der Waals surface area contributed by atoms with E-state index in [1.807, 2.05) is 30.5 Å². The molecule has 0 saturated heterocycles. The van der Waals surface area contributed by atoms with E-state index in [1.54, 1.807) is 7.11 Å². The minimum Gasteiger partial charge on any atom is -0.482 e. The summed E-state index contributed by atoms with van der Waals surface area (Å²) in [7, 11) is 1.66. The van der Waals surface area contributed by atoms with Gasteiger partial charge in [-0.3, -0.25) is 0 Å². The van der Waals surface area contributed by atoms with Crippen LogP contribution in [-0.4, -0.2) is 12.1 Å². The summed E-state index contributed by atoms with van der Waals surface area (Å²) in [6, 6.07) is 8.09. The second-order valence-corrected chi connectivity index (χ2v) is 2.41. The molecule has 0 amide bonds. The van der Waals surface area contributed by atoms with Crippen molar-refractivity contribution in [2.75, 3.05) is 7.11 Å². The third-order valence-corrected chi connectivity index (χ3v) is 1.77. The van der Waals surface area contributed by atoms with Crippen molar-refractivity contribution in [3.05, 3.63) is 30.5 Å². The fourth-order valence-corrected chi connectivity index (χ4v) is 1.22. The molecule has 0 bridgehead atoms. The zero-order valence-electron chi connectivity index (χ0n) is 6.29. The molecule has 2 rings (SSSR count). The van der Waals surface area contributed by atoms with E-state index < -0.39 is 0 Å². The highest BCUT2D eigenvalue weighted by Crippen LogP contribution is 2.23. The summed E-state index contributed by atoms with van der Waals surface area (Å²) < 4.78 is 5.11. The van der Waals surface area contributed by atoms with Crippen LogP contribution in [0.2, 0.25) is 0 Å². The standard InChI is InChI=1S/C9H9NO/c1-11-9-8-5-3-2-4-7(8)6-10-9/h2-6,10H,1H3. The highest BCUT2D eigenvalue weighted by molar-refractivity contribution is 5.87. The SMILES string of the molecule is COc1[nH]cc2ccccc12. The van der Waals surface area contributed by atoms with Gasteiger partial charge in [0, 0.05) is 17.0 Å². The van der Waals surface area contributed by atoms with Gasteiger partial charge < -0.3 is 9.72 Å². The van der Waals surface area contributed by atoms with E-state index in [9.17, 15) is 0 Å². The smallest absolute Gasteiger partial charge is 0.198 e. The van der Waals surface area contributed by atoms with Crippen LogP contribution in [0.5, 0.6) is 5.88 Å². The summed E-state index contributed by atoms with van der Waals surface area (Å²) in [5.41, 5.74) is 0. The monoisotopic (exact) mass is 147 g/mol. The van der Waals surface area contributed by atoms with E-state index >= 15 is 0 Å². The Labute approximate surface area is 64.8 Å². The van der Waals surface area contributed by atoms with Gasteiger partial charge in [0.1, 0.15) is 0 Å². The summed E-state index contributed by atoms with van der Waals surface area (Å²) in [6.07, 6.45) is 1.94. The first-order chi connectivity index (χ1) is 5.42. The van der Waals surface area contributed by atoms with Crippen molar-refractivity contribution in [3.8, 4) is 5.88 Å². The Morgan fingerprint density at radius 2 is 2.09 bits per heavy atom. The minimum atomic E-state index is 0.834. The van der Waals surface area contributed by atoms with Crippen LogP contribution < -0.4 is 4.74 Å². The summed E-state index contributed by atoms with van der Waals surface area (Å²) in [6.45, 7) is 0. The van der Waals surface area contributed by atoms with Gasteiger partial charge in [-0.2, -0.15) is 0 Å². The van der Waals surface area contributed by atoms with Crippen LogP contribution in [0.3, 0.4) is 0 Å². The van der Waals surface area contributed by atoms with Gasteiger partial charge in [-0.25, -0.2) is 0 Å². The third-order valence-electron chi connectivity index (χ3n) is 1.77. The minimum absolute atomic E-state index is 0.834. The molecule has 1 heterocycles. The lowest BCUT2D eigenvalue weighted by molar-refractivity contribution is 0.405. The van der Waals surface area contributed by atoms with Crippen molar-refractivity contribution in [2.45, 2.75) is 0 Å². The number of hydrogen-bond acceptors (Lipinski definition) is 1. The van der Waals surface area contributed by atoms with E-state index in [2.05, 4.69) is 4.98 Å². The van der Waals surface area contributed by atoms with Crippen LogP contribution in [0.15, 0.2) is 30.5 Å². The average Bonchev–Trinajstić information content (AvgIpc) is 2.47. The highest BCUT2D eigenvalue weighted by Gasteiger charge is 1.99. The zero-order chi connectivity index (χ0) is 7.68. The predicted octanol–water partition coefficient (Wildman–Crippen LogP) is 2.18. The maximum atomic E-state index is 5.11. The Morgan fingerprint density at radius 1 is 1.27 bits per heavy atom. The molecular formula is C9H9NO. The van der Waals surface area contributed by atoms with Crippen LogP contribution in [0.1, 0.15) is 0 Å². The van der Waals surface area contributed by atoms with Crippen molar-refractivity contribution in [1.29, 1.82) is 0 Å². The van der Waals surface area contributed by atoms with Crippen LogP contribution in [0, 0.1) is 0 Å². The Morgan fingerprint density at radius 3 is 2.91 bits per heavy atom. The van der Waals surface area contributed by atoms with E-state index in [-0.39, 0.29) is 0 Å². The molecular weight excluding hydrogens is 138 g/mol. The molecule has 56 valence electrons. The first kappa shape index (κ1) is 6.28. The second kappa shape index (κ2) is 2.31. The molecule has 1 aromatic heterocycles. The van der Waals surface area contributed by atoms with Crippen LogP contribution in [0.25, 0.3) is 10.8 Å². The van der Waals surface area contributed by atoms with Gasteiger partial charge in [0.15, 0.2) is 5.88 Å². The number of methoxy groups -OCH3 is 1. The summed E-state index contributed by atoms with van der Waals surface area (Å²) in [4.78, 5) is 3.04. The number of benzene rings is 1. The molecule has 0 radical (unpaired) electrons. The topological polar surface area (TPSA) is 25.0 Å². The van der Waals surface area contributed by atoms with E-state index in [0.29, 0.717) is 0 Å². The van der Waals surface area contributed by atoms with Gasteiger partial charge in [0.2, 0.25) is 0 Å². The number of fused-ring (bicyclic) bond motifs is 1. The van der Waals surface area contributed by atoms with Gasteiger partial charge in [-0.05, 0) is 6.07 Å². The molecule has 2 nitrogen and oxygen atoms in total. The number of H-pyrrole nitrogens is 1. The van der Waals surface area contributed by atoms with Gasteiger partial charge in [0.05, 0.1) is 7.11 Å². The lowest BCUT2D eigenvalue weighted by Crippen LogP contribution is -1.80. The summed E-state index contributed by atoms with van der Waals surface area (Å²) in [5, 5.41) is 2.32. The predicted molar refractivity (Wildman–Crippen MR) is 44.9 cm³/mol. The Balaban J connectivity index is 2.76. The lowest BCUT2D eigenvalue weighted by atomic mass is 10.2. The fourth-order valence-electron chi connectivity index (χ4n) is 1.22. The number of aromatic nitrogens is 1. The maximum Gasteiger partial charge on any atom is 0.198 e. The molecule has 0 spiro atoms. The van der Waals surface area contributed by atoms with Crippen LogP contribution >= 0.6 is 0 Å². The van der Waals surface area contributed by atoms with Gasteiger partial charge in [-0.15, -0.1) is 0 Å². The second-order valence-electron chi connectivity index (χ2n) is 2.41. The number of nitrogens with one attached hydrogen (secondary N) is 1. The van der Waals surface area contributed by atoms with Gasteiger partial charge in [-0.1, -0.05) is 18.2 Å². The maximum absolute atomic E-state index is 5.11. The Hall–Kier alpha value is -1.44. The first-order valence-corrected chi connectivity index (χ1v) is 3.52. The third kappa shape index (κ3) is 0.871. The molecule has 0 aliphatic heterocycles. The average molecular weight is 147 g/mol. The molecule has 0 aliphatic carbocycles. The first-order valence-electron chi connectivity index (χ1n) is 3.52. The van der Waals surface area contributed by atoms with Crippen LogP contribution in [-0.2, 0) is 0 Å². The van der Waals surface area contributed by atoms with Crippen LogP contribution in [0.4, 0.5) is 0 Å². The molecule has 1 N–H and O–H groups in total. The summed E-state index contributed by atoms with van der Waals surface area (Å²) >= 11 is 0.